The van der Waals surface area contributed by atoms with E-state index in [0.717, 1.165) is 31.9 Å². The van der Waals surface area contributed by atoms with Gasteiger partial charge in [-0.3, -0.25) is 9.89 Å². The Bertz CT molecular complexity index is 770. The Morgan fingerprint density at radius 3 is 2.53 bits per heavy atom. The summed E-state index contributed by atoms with van der Waals surface area (Å²) >= 11 is 0. The van der Waals surface area contributed by atoms with Gasteiger partial charge in [0.1, 0.15) is 11.9 Å². The quantitative estimate of drug-likeness (QED) is 0.293. The van der Waals surface area contributed by atoms with E-state index in [9.17, 15) is 5.11 Å². The summed E-state index contributed by atoms with van der Waals surface area (Å²) in [4.78, 5) is 7.28. The summed E-state index contributed by atoms with van der Waals surface area (Å²) in [5.41, 5.74) is 1.40. The number of hydrogen-bond acceptors (Lipinski definition) is 4. The molecule has 2 saturated heterocycles. The van der Waals surface area contributed by atoms with Gasteiger partial charge in [-0.25, -0.2) is 0 Å². The Balaban J connectivity index is 0.00000256. The first kappa shape index (κ1) is 23.1. The van der Waals surface area contributed by atoms with E-state index < -0.39 is 6.10 Å². The average Bonchev–Trinajstić information content (AvgIpc) is 3.34. The zero-order chi connectivity index (χ0) is 20.1. The summed E-state index contributed by atoms with van der Waals surface area (Å²) in [7, 11) is 0. The monoisotopic (exact) mass is 524 g/mol. The van der Waals surface area contributed by atoms with E-state index in [-0.39, 0.29) is 30.5 Å². The summed E-state index contributed by atoms with van der Waals surface area (Å²) in [6.07, 6.45) is 5.68. The Morgan fingerprint density at radius 1 is 1.17 bits per heavy atom. The third kappa shape index (κ3) is 5.76. The molecule has 2 bridgehead atoms. The van der Waals surface area contributed by atoms with Crippen LogP contribution < -0.4 is 10.6 Å². The number of halogens is 1. The maximum atomic E-state index is 10.2. The Hall–Kier alpha value is -1.58. The molecule has 2 aromatic rings. The van der Waals surface area contributed by atoms with Gasteiger partial charge in [0.2, 0.25) is 0 Å². The predicted octanol–water partition coefficient (Wildman–Crippen LogP) is 3.68. The highest BCUT2D eigenvalue weighted by atomic mass is 127. The van der Waals surface area contributed by atoms with Crippen LogP contribution in [0.15, 0.2) is 58.1 Å². The van der Waals surface area contributed by atoms with Gasteiger partial charge in [-0.1, -0.05) is 30.3 Å². The van der Waals surface area contributed by atoms with E-state index in [1.165, 1.54) is 18.4 Å². The van der Waals surface area contributed by atoms with Gasteiger partial charge in [0, 0.05) is 31.2 Å². The van der Waals surface area contributed by atoms with Crippen LogP contribution in [0.4, 0.5) is 0 Å². The Morgan fingerprint density at radius 2 is 1.90 bits per heavy atom. The number of piperidine rings is 1. The molecule has 3 N–H and O–H groups in total. The fourth-order valence-electron chi connectivity index (χ4n) is 4.71. The number of aliphatic hydroxyl groups excluding tert-OH is 1. The van der Waals surface area contributed by atoms with Crippen LogP contribution in [0.1, 0.15) is 50.0 Å². The van der Waals surface area contributed by atoms with Crippen molar-refractivity contribution in [3.63, 3.8) is 0 Å². The van der Waals surface area contributed by atoms with Crippen LogP contribution in [-0.2, 0) is 6.54 Å². The van der Waals surface area contributed by atoms with Crippen LogP contribution in [-0.4, -0.2) is 47.2 Å². The second-order valence-electron chi connectivity index (χ2n) is 8.11. The van der Waals surface area contributed by atoms with Gasteiger partial charge in [-0.2, -0.15) is 0 Å². The van der Waals surface area contributed by atoms with Gasteiger partial charge < -0.3 is 20.2 Å². The summed E-state index contributed by atoms with van der Waals surface area (Å²) in [5, 5.41) is 17.2. The van der Waals surface area contributed by atoms with Crippen molar-refractivity contribution in [3.8, 4) is 0 Å². The third-order valence-electron chi connectivity index (χ3n) is 6.07. The highest BCUT2D eigenvalue weighted by Gasteiger charge is 2.40. The smallest absolute Gasteiger partial charge is 0.191 e. The van der Waals surface area contributed by atoms with Crippen LogP contribution in [0, 0.1) is 0 Å². The first-order valence-corrected chi connectivity index (χ1v) is 10.8. The standard InChI is InChI=1S/C23H32N4O2.HI/c1-2-24-23(25-15-21(28)22-9-6-12-29-22)26-18-13-19-10-11-20(14-18)27(19)16-17-7-4-3-5-8-17;/h3-9,12,18-21,28H,2,10-11,13-16H2,1H3,(H2,24,25,26);1H. The fourth-order valence-corrected chi connectivity index (χ4v) is 4.71. The SMILES string of the molecule is CCNC(=NCC(O)c1ccco1)NC1CC2CCC(C1)N2Cc1ccccc1.I. The lowest BCUT2D eigenvalue weighted by Crippen LogP contribution is -2.52. The molecule has 0 saturated carbocycles. The molecule has 0 amide bonds. The van der Waals surface area contributed by atoms with Crippen LogP contribution in [0.5, 0.6) is 0 Å². The number of benzene rings is 1. The maximum Gasteiger partial charge on any atom is 0.191 e. The van der Waals surface area contributed by atoms with E-state index >= 15 is 0 Å². The highest BCUT2D eigenvalue weighted by molar-refractivity contribution is 14.0. The number of nitrogens with zero attached hydrogens (tertiary/aromatic N) is 2. The number of guanidine groups is 1. The third-order valence-corrected chi connectivity index (χ3v) is 6.07. The number of hydrogen-bond donors (Lipinski definition) is 3. The molecule has 1 aromatic heterocycles. The van der Waals surface area contributed by atoms with E-state index in [0.29, 0.717) is 23.9 Å². The molecular weight excluding hydrogens is 491 g/mol. The molecule has 4 rings (SSSR count). The first-order chi connectivity index (χ1) is 14.2. The van der Waals surface area contributed by atoms with Crippen molar-refractivity contribution in [2.75, 3.05) is 13.1 Å². The molecule has 6 nitrogen and oxygen atoms in total. The minimum Gasteiger partial charge on any atom is -0.467 e. The molecular formula is C23H33IN4O2. The van der Waals surface area contributed by atoms with Gasteiger partial charge in [0.15, 0.2) is 5.96 Å². The molecule has 164 valence electrons. The first-order valence-electron chi connectivity index (χ1n) is 10.8. The van der Waals surface area contributed by atoms with Crippen LogP contribution >= 0.6 is 24.0 Å². The number of rotatable bonds is 7. The number of aliphatic hydroxyl groups is 1. The van der Waals surface area contributed by atoms with Crippen LogP contribution in [0.2, 0.25) is 0 Å². The zero-order valence-electron chi connectivity index (χ0n) is 17.5. The normalized spacial score (nSPS) is 24.9. The lowest BCUT2D eigenvalue weighted by atomic mass is 9.96. The van der Waals surface area contributed by atoms with Gasteiger partial charge in [0.05, 0.1) is 12.8 Å². The maximum absolute atomic E-state index is 10.2. The molecule has 7 heteroatoms. The van der Waals surface area contributed by atoms with Gasteiger partial charge >= 0.3 is 0 Å². The molecule has 2 aliphatic rings. The minimum absolute atomic E-state index is 0. The minimum atomic E-state index is -0.718. The largest absolute Gasteiger partial charge is 0.467 e. The van der Waals surface area contributed by atoms with E-state index in [4.69, 9.17) is 4.42 Å². The Kier molecular flexibility index (Phi) is 8.59. The lowest BCUT2D eigenvalue weighted by molar-refractivity contribution is 0.114. The fraction of sp³-hybridized carbons (Fsp3) is 0.522. The van der Waals surface area contributed by atoms with Crippen LogP contribution in [0.25, 0.3) is 0 Å². The van der Waals surface area contributed by atoms with Crippen molar-refractivity contribution in [1.82, 2.24) is 15.5 Å². The molecule has 2 fully saturated rings. The molecule has 3 atom stereocenters. The van der Waals surface area contributed by atoms with Crippen molar-refractivity contribution < 1.29 is 9.52 Å². The Labute approximate surface area is 196 Å². The number of fused-ring (bicyclic) bond motifs is 2. The predicted molar refractivity (Wildman–Crippen MR) is 130 cm³/mol. The van der Waals surface area contributed by atoms with Crippen molar-refractivity contribution >= 4 is 29.9 Å². The van der Waals surface area contributed by atoms with Crippen LogP contribution in [0.3, 0.4) is 0 Å². The molecule has 0 spiro atoms. The molecule has 3 unspecified atom stereocenters. The van der Waals surface area contributed by atoms with Gasteiger partial charge in [-0.15, -0.1) is 24.0 Å². The number of aliphatic imine (C=N–C) groups is 1. The van der Waals surface area contributed by atoms with E-state index in [2.05, 4.69) is 57.8 Å². The van der Waals surface area contributed by atoms with Crippen molar-refractivity contribution in [3.05, 3.63) is 60.1 Å². The highest BCUT2D eigenvalue weighted by Crippen LogP contribution is 2.36. The summed E-state index contributed by atoms with van der Waals surface area (Å²) in [5.74, 6) is 1.33. The second-order valence-corrected chi connectivity index (χ2v) is 8.11. The molecule has 0 aliphatic carbocycles. The molecule has 0 radical (unpaired) electrons. The molecule has 30 heavy (non-hydrogen) atoms. The number of nitrogens with one attached hydrogen (secondary N) is 2. The summed E-state index contributed by atoms with van der Waals surface area (Å²) in [6.45, 7) is 4.18. The van der Waals surface area contributed by atoms with Gasteiger partial charge in [0.25, 0.3) is 0 Å². The molecule has 3 heterocycles. The molecule has 1 aromatic carbocycles. The number of furan rings is 1. The zero-order valence-corrected chi connectivity index (χ0v) is 19.9. The van der Waals surface area contributed by atoms with Gasteiger partial charge in [-0.05, 0) is 50.3 Å². The topological polar surface area (TPSA) is 73.0 Å². The molecule has 2 aliphatic heterocycles. The lowest BCUT2D eigenvalue weighted by Gasteiger charge is -2.39. The van der Waals surface area contributed by atoms with Crippen molar-refractivity contribution in [2.45, 2.75) is 63.4 Å². The van der Waals surface area contributed by atoms with E-state index in [1.54, 1.807) is 18.4 Å². The summed E-state index contributed by atoms with van der Waals surface area (Å²) < 4.78 is 5.27. The van der Waals surface area contributed by atoms with E-state index in [1.807, 2.05) is 0 Å². The second kappa shape index (κ2) is 11.2. The summed E-state index contributed by atoms with van der Waals surface area (Å²) in [6, 6.07) is 16.0. The average molecular weight is 524 g/mol. The van der Waals surface area contributed by atoms with Crippen molar-refractivity contribution in [1.29, 1.82) is 0 Å². The van der Waals surface area contributed by atoms with Crippen molar-refractivity contribution in [2.24, 2.45) is 4.99 Å².